The van der Waals surface area contributed by atoms with Gasteiger partial charge in [-0.25, -0.2) is 0 Å². The Morgan fingerprint density at radius 3 is 0.846 bits per heavy atom. The molecular formula is C59H110O6. The van der Waals surface area contributed by atoms with Crippen LogP contribution in [0.3, 0.4) is 0 Å². The molecule has 0 spiro atoms. The lowest BCUT2D eigenvalue weighted by Gasteiger charge is -2.18. The topological polar surface area (TPSA) is 78.9 Å². The van der Waals surface area contributed by atoms with E-state index in [0.717, 1.165) is 64.2 Å². The first-order valence-electron chi connectivity index (χ1n) is 28.8. The van der Waals surface area contributed by atoms with Crippen LogP contribution in [0.15, 0.2) is 24.3 Å². The van der Waals surface area contributed by atoms with Gasteiger partial charge in [0.2, 0.25) is 0 Å². The van der Waals surface area contributed by atoms with Crippen LogP contribution >= 0.6 is 0 Å². The molecule has 0 N–H and O–H groups in total. The van der Waals surface area contributed by atoms with Crippen molar-refractivity contribution in [2.75, 3.05) is 13.2 Å². The van der Waals surface area contributed by atoms with Crippen molar-refractivity contribution in [3.05, 3.63) is 24.3 Å². The van der Waals surface area contributed by atoms with E-state index in [-0.39, 0.29) is 31.1 Å². The van der Waals surface area contributed by atoms with Crippen molar-refractivity contribution < 1.29 is 28.6 Å². The number of allylic oxidation sites excluding steroid dienone is 4. The van der Waals surface area contributed by atoms with Crippen LogP contribution in [0, 0.1) is 0 Å². The number of carbonyl (C=O) groups is 3. The van der Waals surface area contributed by atoms with Crippen molar-refractivity contribution in [2.24, 2.45) is 0 Å². The lowest BCUT2D eigenvalue weighted by atomic mass is 10.0. The van der Waals surface area contributed by atoms with E-state index in [2.05, 4.69) is 45.1 Å². The maximum Gasteiger partial charge on any atom is 0.306 e. The van der Waals surface area contributed by atoms with Crippen molar-refractivity contribution in [1.29, 1.82) is 0 Å². The van der Waals surface area contributed by atoms with Crippen LogP contribution in [-0.2, 0) is 28.6 Å². The molecule has 0 heterocycles. The normalized spacial score (nSPS) is 12.1. The van der Waals surface area contributed by atoms with Gasteiger partial charge in [0, 0.05) is 19.3 Å². The molecular weight excluding hydrogens is 805 g/mol. The quantitative estimate of drug-likeness (QED) is 0.0262. The van der Waals surface area contributed by atoms with Crippen molar-refractivity contribution in [2.45, 2.75) is 322 Å². The third-order valence-electron chi connectivity index (χ3n) is 13.0. The number of unbranched alkanes of at least 4 members (excludes halogenated alkanes) is 38. The number of hydrogen-bond acceptors (Lipinski definition) is 6. The molecule has 382 valence electrons. The van der Waals surface area contributed by atoms with E-state index in [1.54, 1.807) is 0 Å². The summed E-state index contributed by atoms with van der Waals surface area (Å²) < 4.78 is 16.7. The second kappa shape index (κ2) is 54.5. The predicted octanol–water partition coefficient (Wildman–Crippen LogP) is 19.1. The first kappa shape index (κ1) is 62.9. The van der Waals surface area contributed by atoms with Gasteiger partial charge in [0.1, 0.15) is 13.2 Å². The molecule has 0 rings (SSSR count). The van der Waals surface area contributed by atoms with E-state index < -0.39 is 6.10 Å². The fourth-order valence-electron chi connectivity index (χ4n) is 8.59. The number of hydrogen-bond donors (Lipinski definition) is 0. The lowest BCUT2D eigenvalue weighted by molar-refractivity contribution is -0.167. The average molecular weight is 916 g/mol. The maximum absolute atomic E-state index is 12.7. The minimum absolute atomic E-state index is 0.0656. The van der Waals surface area contributed by atoms with Crippen LogP contribution in [0.25, 0.3) is 0 Å². The molecule has 0 amide bonds. The van der Waals surface area contributed by atoms with Gasteiger partial charge in [-0.15, -0.1) is 0 Å². The van der Waals surface area contributed by atoms with E-state index >= 15 is 0 Å². The van der Waals surface area contributed by atoms with Gasteiger partial charge in [0.25, 0.3) is 0 Å². The van der Waals surface area contributed by atoms with Crippen LogP contribution in [0.1, 0.15) is 316 Å². The summed E-state index contributed by atoms with van der Waals surface area (Å²) in [6.07, 6.45) is 63.5. The molecule has 0 saturated heterocycles. The SMILES string of the molecule is CCCCCCC/C=C\C/C=C\CCCCCCCCCCCCCCCCCCCC(=O)OCC(COC(=O)CCCCCCCCC)OC(=O)CCCCCCCCCCCCC. The molecule has 6 nitrogen and oxygen atoms in total. The molecule has 0 bridgehead atoms. The zero-order valence-corrected chi connectivity index (χ0v) is 43.8. The zero-order valence-electron chi connectivity index (χ0n) is 43.8. The second-order valence-corrected chi connectivity index (χ2v) is 19.6. The summed E-state index contributed by atoms with van der Waals surface area (Å²) in [5, 5.41) is 0. The first-order chi connectivity index (χ1) is 32.0. The van der Waals surface area contributed by atoms with Gasteiger partial charge in [-0.05, 0) is 51.4 Å². The van der Waals surface area contributed by atoms with Gasteiger partial charge in [0.05, 0.1) is 0 Å². The summed E-state index contributed by atoms with van der Waals surface area (Å²) in [5.74, 6) is -0.857. The highest BCUT2D eigenvalue weighted by Gasteiger charge is 2.19. The van der Waals surface area contributed by atoms with Crippen LogP contribution in [0.2, 0.25) is 0 Å². The van der Waals surface area contributed by atoms with E-state index in [1.165, 1.54) is 212 Å². The molecule has 0 aliphatic carbocycles. The largest absolute Gasteiger partial charge is 0.462 e. The van der Waals surface area contributed by atoms with Crippen molar-refractivity contribution in [1.82, 2.24) is 0 Å². The third kappa shape index (κ3) is 52.7. The Morgan fingerprint density at radius 2 is 0.554 bits per heavy atom. The van der Waals surface area contributed by atoms with E-state index in [1.807, 2.05) is 0 Å². The summed E-state index contributed by atoms with van der Waals surface area (Å²) in [7, 11) is 0. The number of rotatable bonds is 53. The zero-order chi connectivity index (χ0) is 47.2. The second-order valence-electron chi connectivity index (χ2n) is 19.6. The molecule has 0 saturated carbocycles. The van der Waals surface area contributed by atoms with Crippen LogP contribution in [0.5, 0.6) is 0 Å². The number of carbonyl (C=O) groups excluding carboxylic acids is 3. The molecule has 0 aromatic heterocycles. The molecule has 1 unspecified atom stereocenters. The van der Waals surface area contributed by atoms with Gasteiger partial charge < -0.3 is 14.2 Å². The van der Waals surface area contributed by atoms with E-state index in [4.69, 9.17) is 14.2 Å². The molecule has 0 fully saturated rings. The Balaban J connectivity index is 3.97. The number of esters is 3. The summed E-state index contributed by atoms with van der Waals surface area (Å²) in [5.41, 5.74) is 0. The molecule has 0 aliphatic heterocycles. The smallest absolute Gasteiger partial charge is 0.306 e. The summed E-state index contributed by atoms with van der Waals surface area (Å²) >= 11 is 0. The van der Waals surface area contributed by atoms with Gasteiger partial charge >= 0.3 is 17.9 Å². The highest BCUT2D eigenvalue weighted by molar-refractivity contribution is 5.71. The molecule has 0 aliphatic rings. The summed E-state index contributed by atoms with van der Waals surface area (Å²) in [4.78, 5) is 37.8. The van der Waals surface area contributed by atoms with E-state index in [0.29, 0.717) is 19.3 Å². The third-order valence-corrected chi connectivity index (χ3v) is 13.0. The fourth-order valence-corrected chi connectivity index (χ4v) is 8.59. The van der Waals surface area contributed by atoms with Gasteiger partial charge in [-0.3, -0.25) is 14.4 Å². The van der Waals surface area contributed by atoms with E-state index in [9.17, 15) is 14.4 Å². The van der Waals surface area contributed by atoms with Gasteiger partial charge in [-0.2, -0.15) is 0 Å². The Morgan fingerprint density at radius 1 is 0.308 bits per heavy atom. The Labute approximate surface area is 404 Å². The molecule has 6 heteroatoms. The molecule has 1 atom stereocenters. The predicted molar refractivity (Wildman–Crippen MR) is 279 cm³/mol. The minimum Gasteiger partial charge on any atom is -0.462 e. The first-order valence-corrected chi connectivity index (χ1v) is 28.8. The monoisotopic (exact) mass is 915 g/mol. The highest BCUT2D eigenvalue weighted by Crippen LogP contribution is 2.17. The Kier molecular flexibility index (Phi) is 52.7. The summed E-state index contributed by atoms with van der Waals surface area (Å²) in [6, 6.07) is 0. The number of ether oxygens (including phenoxy) is 3. The standard InChI is InChI=1S/C59H110O6/c1-4-7-10-13-16-18-20-21-22-23-24-25-26-27-28-29-30-31-32-33-34-35-36-37-39-40-43-46-49-52-58(61)64-55-56(54-63-57(60)51-48-45-42-15-12-9-6-3)65-59(62)53-50-47-44-41-38-19-17-14-11-8-5-2/h20-21,23-24,56H,4-19,22,25-55H2,1-3H3/b21-20-,24-23-. The van der Waals surface area contributed by atoms with Crippen molar-refractivity contribution >= 4 is 17.9 Å². The van der Waals surface area contributed by atoms with Crippen molar-refractivity contribution in [3.8, 4) is 0 Å². The molecule has 65 heavy (non-hydrogen) atoms. The Bertz CT molecular complexity index is 1050. The molecule has 0 aromatic carbocycles. The van der Waals surface area contributed by atoms with Gasteiger partial charge in [0.15, 0.2) is 6.10 Å². The van der Waals surface area contributed by atoms with Crippen LogP contribution < -0.4 is 0 Å². The average Bonchev–Trinajstić information content (AvgIpc) is 3.30. The summed E-state index contributed by atoms with van der Waals surface area (Å²) in [6.45, 7) is 6.61. The minimum atomic E-state index is -0.762. The van der Waals surface area contributed by atoms with Crippen LogP contribution in [0.4, 0.5) is 0 Å². The van der Waals surface area contributed by atoms with Gasteiger partial charge in [-0.1, -0.05) is 270 Å². The lowest BCUT2D eigenvalue weighted by Crippen LogP contribution is -2.30. The maximum atomic E-state index is 12.7. The van der Waals surface area contributed by atoms with Crippen LogP contribution in [-0.4, -0.2) is 37.2 Å². The molecule has 0 radical (unpaired) electrons. The van der Waals surface area contributed by atoms with Crippen molar-refractivity contribution in [3.63, 3.8) is 0 Å². The highest BCUT2D eigenvalue weighted by atomic mass is 16.6. The Hall–Kier alpha value is -2.11. The molecule has 0 aromatic rings. The fraction of sp³-hybridized carbons (Fsp3) is 0.881.